The van der Waals surface area contributed by atoms with Crippen LogP contribution in [0.1, 0.15) is 66.2 Å². The number of anilines is 1. The topological polar surface area (TPSA) is 148 Å². The fourth-order valence-corrected chi connectivity index (χ4v) is 6.66. The lowest BCUT2D eigenvalue weighted by atomic mass is 9.88. The van der Waals surface area contributed by atoms with Crippen LogP contribution in [0.15, 0.2) is 35.5 Å². The SMILES string of the molecule is CC1(Nc2nc(SC=N)[nH]c2-c2ccc3c(c2)C(=O)N(C2CCC(=O)NC2=O)C3=O)C=CC2CCC(C2)C1. The number of fused-ring (bicyclic) bond motifs is 3. The van der Waals surface area contributed by atoms with Crippen LogP contribution in [-0.2, 0) is 9.59 Å². The normalized spacial score (nSPS) is 28.3. The van der Waals surface area contributed by atoms with Crippen LogP contribution in [-0.4, -0.2) is 55.6 Å². The van der Waals surface area contributed by atoms with E-state index in [0.717, 1.165) is 23.1 Å². The Hall–Kier alpha value is -3.73. The van der Waals surface area contributed by atoms with Crippen molar-refractivity contribution in [1.82, 2.24) is 20.2 Å². The largest absolute Gasteiger partial charge is 0.360 e. The summed E-state index contributed by atoms with van der Waals surface area (Å²) < 4.78 is 0. The van der Waals surface area contributed by atoms with Gasteiger partial charge in [0.25, 0.3) is 11.8 Å². The van der Waals surface area contributed by atoms with Crippen LogP contribution in [0.3, 0.4) is 0 Å². The van der Waals surface area contributed by atoms with Gasteiger partial charge in [-0.1, -0.05) is 18.2 Å². The van der Waals surface area contributed by atoms with Crippen LogP contribution in [0.4, 0.5) is 5.82 Å². The Morgan fingerprint density at radius 1 is 1.16 bits per heavy atom. The first-order chi connectivity index (χ1) is 18.2. The minimum absolute atomic E-state index is 0.0700. The number of imide groups is 2. The van der Waals surface area contributed by atoms with Gasteiger partial charge in [0.2, 0.25) is 11.8 Å². The van der Waals surface area contributed by atoms with Crippen molar-refractivity contribution in [3.63, 3.8) is 0 Å². The molecule has 2 aromatic rings. The van der Waals surface area contributed by atoms with E-state index in [2.05, 4.69) is 34.7 Å². The number of nitrogens with zero attached hydrogens (tertiary/aromatic N) is 2. The van der Waals surface area contributed by atoms with Crippen LogP contribution < -0.4 is 10.6 Å². The number of carbonyl (C=O) groups excluding carboxylic acids is 4. The molecule has 4 aliphatic rings. The third-order valence-electron chi connectivity index (χ3n) is 8.02. The Labute approximate surface area is 223 Å². The molecule has 2 fully saturated rings. The number of aromatic nitrogens is 2. The zero-order chi connectivity index (χ0) is 26.6. The number of amides is 4. The maximum atomic E-state index is 13.3. The number of carbonyl (C=O) groups is 4. The molecule has 4 atom stereocenters. The van der Waals surface area contributed by atoms with E-state index in [1.165, 1.54) is 24.8 Å². The highest BCUT2D eigenvalue weighted by atomic mass is 32.2. The molecule has 1 saturated heterocycles. The van der Waals surface area contributed by atoms with E-state index in [1.54, 1.807) is 18.2 Å². The predicted molar refractivity (Wildman–Crippen MR) is 142 cm³/mol. The summed E-state index contributed by atoms with van der Waals surface area (Å²) in [6.45, 7) is 2.16. The van der Waals surface area contributed by atoms with Gasteiger partial charge in [0.1, 0.15) is 6.04 Å². The highest BCUT2D eigenvalue weighted by Gasteiger charge is 2.45. The van der Waals surface area contributed by atoms with E-state index < -0.39 is 29.7 Å². The number of aromatic amines is 1. The highest BCUT2D eigenvalue weighted by Crippen LogP contribution is 2.42. The van der Waals surface area contributed by atoms with E-state index in [4.69, 9.17) is 10.4 Å². The van der Waals surface area contributed by atoms with E-state index in [9.17, 15) is 19.2 Å². The highest BCUT2D eigenvalue weighted by molar-refractivity contribution is 8.11. The molecule has 38 heavy (non-hydrogen) atoms. The van der Waals surface area contributed by atoms with Gasteiger partial charge in [0, 0.05) is 12.0 Å². The predicted octanol–water partition coefficient (Wildman–Crippen LogP) is 3.72. The quantitative estimate of drug-likeness (QED) is 0.146. The van der Waals surface area contributed by atoms with E-state index >= 15 is 0 Å². The van der Waals surface area contributed by atoms with Crippen LogP contribution in [0.5, 0.6) is 0 Å². The molecular formula is C27H28N6O4S. The molecule has 2 bridgehead atoms. The number of allylic oxidation sites excluding steroid dienone is 1. The van der Waals surface area contributed by atoms with E-state index in [-0.39, 0.29) is 29.5 Å². The van der Waals surface area contributed by atoms with E-state index in [1.807, 2.05) is 0 Å². The number of thioether (sulfide) groups is 1. The number of piperidine rings is 1. The van der Waals surface area contributed by atoms with Gasteiger partial charge in [-0.25, -0.2) is 4.98 Å². The molecule has 4 unspecified atom stereocenters. The monoisotopic (exact) mass is 532 g/mol. The Morgan fingerprint density at radius 3 is 2.76 bits per heavy atom. The smallest absolute Gasteiger partial charge is 0.262 e. The lowest BCUT2D eigenvalue weighted by molar-refractivity contribution is -0.136. The van der Waals surface area contributed by atoms with Crippen molar-refractivity contribution in [2.75, 3.05) is 5.32 Å². The van der Waals surface area contributed by atoms with Gasteiger partial charge in [-0.15, -0.1) is 0 Å². The second kappa shape index (κ2) is 9.23. The molecule has 6 rings (SSSR count). The summed E-state index contributed by atoms with van der Waals surface area (Å²) in [5.41, 5.74) is 2.63. The number of nitrogens with one attached hydrogen (secondary N) is 4. The van der Waals surface area contributed by atoms with Gasteiger partial charge in [0.05, 0.1) is 27.9 Å². The van der Waals surface area contributed by atoms with Crippen LogP contribution in [0.25, 0.3) is 11.3 Å². The van der Waals surface area contributed by atoms with Gasteiger partial charge in [-0.2, -0.15) is 0 Å². The second-order valence-electron chi connectivity index (χ2n) is 10.8. The standard InChI is InChI=1S/C27H28N6O4S/c1-27(9-8-14-2-3-15(10-14)12-27)32-22-21(30-26(31-22)38-13-28)16-4-5-17-18(11-16)25(37)33(24(17)36)19-6-7-20(34)29-23(19)35/h4-5,8-9,11,13-15,19,28,32H,2-3,6-7,10,12H2,1H3,(H,30,31)(H,29,34,35). The lowest BCUT2D eigenvalue weighted by Crippen LogP contribution is -2.54. The molecule has 2 aliphatic heterocycles. The maximum Gasteiger partial charge on any atom is 0.262 e. The summed E-state index contributed by atoms with van der Waals surface area (Å²) in [6, 6.07) is 3.98. The fraction of sp³-hybridized carbons (Fsp3) is 0.407. The number of H-pyrrole nitrogens is 1. The van der Waals surface area contributed by atoms with Crippen molar-refractivity contribution in [2.45, 2.75) is 62.2 Å². The third-order valence-corrected chi connectivity index (χ3v) is 8.55. The molecule has 196 valence electrons. The molecule has 10 nitrogen and oxygen atoms in total. The first-order valence-electron chi connectivity index (χ1n) is 12.8. The molecule has 11 heteroatoms. The van der Waals surface area contributed by atoms with Crippen molar-refractivity contribution in [3.8, 4) is 11.3 Å². The number of rotatable bonds is 6. The molecule has 2 aliphatic carbocycles. The Morgan fingerprint density at radius 2 is 1.97 bits per heavy atom. The Bertz CT molecular complexity index is 1420. The maximum absolute atomic E-state index is 13.3. The molecule has 1 saturated carbocycles. The molecule has 0 radical (unpaired) electrons. The van der Waals surface area contributed by atoms with Crippen molar-refractivity contribution < 1.29 is 19.2 Å². The Kier molecular flexibility index (Phi) is 5.97. The minimum Gasteiger partial charge on any atom is -0.360 e. The van der Waals surface area contributed by atoms with Gasteiger partial charge in [-0.3, -0.25) is 29.4 Å². The molecule has 3 heterocycles. The summed E-state index contributed by atoms with van der Waals surface area (Å²) in [4.78, 5) is 59.3. The fourth-order valence-electron chi connectivity index (χ4n) is 6.24. The van der Waals surface area contributed by atoms with Gasteiger partial charge in [0.15, 0.2) is 11.0 Å². The molecular weight excluding hydrogens is 504 g/mol. The lowest BCUT2D eigenvalue weighted by Gasteiger charge is -2.30. The van der Waals surface area contributed by atoms with Crippen molar-refractivity contribution >= 4 is 46.8 Å². The zero-order valence-corrected chi connectivity index (χ0v) is 21.7. The Balaban J connectivity index is 1.33. The average molecular weight is 533 g/mol. The van der Waals surface area contributed by atoms with Crippen molar-refractivity contribution in [3.05, 3.63) is 41.5 Å². The summed E-state index contributed by atoms with van der Waals surface area (Å²) in [7, 11) is 0. The summed E-state index contributed by atoms with van der Waals surface area (Å²) in [6.07, 6.45) is 9.38. The number of benzene rings is 1. The zero-order valence-electron chi connectivity index (χ0n) is 20.9. The van der Waals surface area contributed by atoms with Crippen LogP contribution in [0, 0.1) is 17.2 Å². The summed E-state index contributed by atoms with van der Waals surface area (Å²) in [5.74, 6) is -0.265. The van der Waals surface area contributed by atoms with Gasteiger partial charge < -0.3 is 15.7 Å². The van der Waals surface area contributed by atoms with Gasteiger partial charge in [-0.05, 0) is 74.8 Å². The molecule has 0 spiro atoms. The summed E-state index contributed by atoms with van der Waals surface area (Å²) >= 11 is 1.14. The molecule has 1 aromatic heterocycles. The first-order valence-corrected chi connectivity index (χ1v) is 13.7. The average Bonchev–Trinajstić information content (AvgIpc) is 3.51. The number of imidazole rings is 1. The first kappa shape index (κ1) is 24.6. The van der Waals surface area contributed by atoms with E-state index in [0.29, 0.717) is 34.1 Å². The molecule has 4 amide bonds. The second-order valence-corrected chi connectivity index (χ2v) is 11.6. The third kappa shape index (κ3) is 4.24. The number of hydrogen-bond donors (Lipinski definition) is 4. The molecule has 1 aromatic carbocycles. The minimum atomic E-state index is -1.01. The van der Waals surface area contributed by atoms with Crippen molar-refractivity contribution in [1.29, 1.82) is 5.41 Å². The summed E-state index contributed by atoms with van der Waals surface area (Å²) in [5, 5.41) is 13.9. The number of hydrogen-bond acceptors (Lipinski definition) is 8. The van der Waals surface area contributed by atoms with Gasteiger partial charge >= 0.3 is 0 Å². The van der Waals surface area contributed by atoms with Crippen LogP contribution in [0.2, 0.25) is 0 Å². The van der Waals surface area contributed by atoms with Crippen LogP contribution >= 0.6 is 11.8 Å². The van der Waals surface area contributed by atoms with Crippen molar-refractivity contribution in [2.24, 2.45) is 11.8 Å². The molecule has 4 N–H and O–H groups in total.